The molecule has 100 valence electrons. The number of nitrogens with one attached hydrogen (secondary N) is 1. The minimum Gasteiger partial charge on any atom is -0.310 e. The van der Waals surface area contributed by atoms with E-state index in [-0.39, 0.29) is 0 Å². The number of nitrogens with zero attached hydrogens (tertiary/aromatic N) is 1. The second-order valence-electron chi connectivity index (χ2n) is 5.99. The van der Waals surface area contributed by atoms with Gasteiger partial charge in [0.2, 0.25) is 0 Å². The molecule has 0 amide bonds. The molecule has 1 saturated carbocycles. The first-order chi connectivity index (χ1) is 8.20. The van der Waals surface area contributed by atoms with E-state index in [0.29, 0.717) is 6.04 Å². The van der Waals surface area contributed by atoms with E-state index in [0.717, 1.165) is 18.0 Å². The van der Waals surface area contributed by atoms with Gasteiger partial charge in [-0.15, -0.1) is 0 Å². The molecule has 3 heteroatoms. The number of rotatable bonds is 5. The molecule has 17 heavy (non-hydrogen) atoms. The zero-order chi connectivity index (χ0) is 12.3. The fourth-order valence-corrected chi connectivity index (χ4v) is 4.21. The molecule has 1 heterocycles. The summed E-state index contributed by atoms with van der Waals surface area (Å²) in [4.78, 5) is 2.53. The first-order valence-electron chi connectivity index (χ1n) is 7.16. The summed E-state index contributed by atoms with van der Waals surface area (Å²) in [5.74, 6) is 2.23. The third-order valence-electron chi connectivity index (χ3n) is 4.61. The Morgan fingerprint density at radius 1 is 1.35 bits per heavy atom. The quantitative estimate of drug-likeness (QED) is 0.814. The van der Waals surface area contributed by atoms with E-state index < -0.39 is 0 Å². The van der Waals surface area contributed by atoms with Crippen LogP contribution in [0.2, 0.25) is 0 Å². The highest BCUT2D eigenvalue weighted by molar-refractivity contribution is 7.98. The Balaban J connectivity index is 1.76. The minimum absolute atomic E-state index is 0.703. The van der Waals surface area contributed by atoms with Gasteiger partial charge >= 0.3 is 0 Å². The Morgan fingerprint density at radius 3 is 2.82 bits per heavy atom. The van der Waals surface area contributed by atoms with Gasteiger partial charge in [-0.25, -0.2) is 0 Å². The Hall–Kier alpha value is 0.270. The lowest BCUT2D eigenvalue weighted by molar-refractivity contribution is 0.249. The van der Waals surface area contributed by atoms with Crippen LogP contribution in [0.25, 0.3) is 0 Å². The average Bonchev–Trinajstić information content (AvgIpc) is 2.71. The van der Waals surface area contributed by atoms with Crippen LogP contribution in [-0.2, 0) is 0 Å². The van der Waals surface area contributed by atoms with Crippen LogP contribution >= 0.6 is 11.8 Å². The number of hydrogen-bond acceptors (Lipinski definition) is 3. The van der Waals surface area contributed by atoms with E-state index in [4.69, 9.17) is 0 Å². The number of fused-ring (bicyclic) bond motifs is 1. The van der Waals surface area contributed by atoms with E-state index in [1.165, 1.54) is 44.4 Å². The van der Waals surface area contributed by atoms with Crippen molar-refractivity contribution in [2.45, 2.75) is 57.2 Å². The third-order valence-corrected chi connectivity index (χ3v) is 5.43. The largest absolute Gasteiger partial charge is 0.310 e. The molecule has 0 aromatic heterocycles. The van der Waals surface area contributed by atoms with Gasteiger partial charge in [0.25, 0.3) is 0 Å². The van der Waals surface area contributed by atoms with Gasteiger partial charge in [-0.1, -0.05) is 12.8 Å². The van der Waals surface area contributed by atoms with Crippen molar-refractivity contribution in [3.8, 4) is 0 Å². The van der Waals surface area contributed by atoms with E-state index in [1.807, 2.05) is 11.8 Å². The van der Waals surface area contributed by atoms with Gasteiger partial charge in [0.05, 0.1) is 0 Å². The molecular weight excluding hydrogens is 228 g/mol. The molecule has 4 unspecified atom stereocenters. The van der Waals surface area contributed by atoms with Crippen molar-refractivity contribution in [1.82, 2.24) is 10.2 Å². The highest BCUT2D eigenvalue weighted by Gasteiger charge is 2.35. The predicted octanol–water partition coefficient (Wildman–Crippen LogP) is 2.59. The molecule has 4 atom stereocenters. The fourth-order valence-electron chi connectivity index (χ4n) is 3.47. The zero-order valence-electron chi connectivity index (χ0n) is 11.6. The Kier molecular flexibility index (Phi) is 5.19. The molecule has 0 bridgehead atoms. The van der Waals surface area contributed by atoms with Gasteiger partial charge in [0, 0.05) is 30.4 Å². The van der Waals surface area contributed by atoms with Crippen molar-refractivity contribution in [1.29, 1.82) is 0 Å². The van der Waals surface area contributed by atoms with Gasteiger partial charge in [0.1, 0.15) is 0 Å². The lowest BCUT2D eigenvalue weighted by atomic mass is 9.85. The van der Waals surface area contributed by atoms with Crippen molar-refractivity contribution in [3.63, 3.8) is 0 Å². The van der Waals surface area contributed by atoms with Crippen molar-refractivity contribution < 1.29 is 0 Å². The van der Waals surface area contributed by atoms with Crippen LogP contribution in [0.15, 0.2) is 0 Å². The van der Waals surface area contributed by atoms with Crippen LogP contribution in [0.3, 0.4) is 0 Å². The van der Waals surface area contributed by atoms with Crippen molar-refractivity contribution in [2.75, 3.05) is 25.6 Å². The number of hydrogen-bond donors (Lipinski definition) is 1. The van der Waals surface area contributed by atoms with Crippen molar-refractivity contribution >= 4 is 11.8 Å². The molecular formula is C14H28N2S. The van der Waals surface area contributed by atoms with E-state index in [9.17, 15) is 0 Å². The summed E-state index contributed by atoms with van der Waals surface area (Å²) < 4.78 is 0. The topological polar surface area (TPSA) is 15.3 Å². The van der Waals surface area contributed by atoms with E-state index in [1.54, 1.807) is 0 Å². The summed E-state index contributed by atoms with van der Waals surface area (Å²) in [6.45, 7) is 3.58. The zero-order valence-corrected chi connectivity index (χ0v) is 12.4. The predicted molar refractivity (Wildman–Crippen MR) is 77.8 cm³/mol. The van der Waals surface area contributed by atoms with Crippen molar-refractivity contribution in [3.05, 3.63) is 0 Å². The maximum Gasteiger partial charge on any atom is 0.0200 e. The molecule has 2 fully saturated rings. The van der Waals surface area contributed by atoms with Crippen LogP contribution in [0.5, 0.6) is 0 Å². The first kappa shape index (κ1) is 13.7. The molecule has 2 rings (SSSR count). The van der Waals surface area contributed by atoms with Gasteiger partial charge < -0.3 is 10.2 Å². The maximum atomic E-state index is 3.87. The van der Waals surface area contributed by atoms with Crippen molar-refractivity contribution in [2.24, 2.45) is 5.92 Å². The van der Waals surface area contributed by atoms with Crippen LogP contribution in [0, 0.1) is 5.92 Å². The fraction of sp³-hybridized carbons (Fsp3) is 1.00. The van der Waals surface area contributed by atoms with Crippen LogP contribution < -0.4 is 5.32 Å². The SMILES string of the molecule is CSCC(C)N(C)CC1CC2CCCCC2N1. The normalized spacial score (nSPS) is 34.9. The van der Waals surface area contributed by atoms with Gasteiger partial charge in [-0.2, -0.15) is 11.8 Å². The molecule has 1 saturated heterocycles. The van der Waals surface area contributed by atoms with E-state index >= 15 is 0 Å². The summed E-state index contributed by atoms with van der Waals surface area (Å²) in [7, 11) is 2.28. The van der Waals surface area contributed by atoms with Crippen LogP contribution in [0.4, 0.5) is 0 Å². The van der Waals surface area contributed by atoms with E-state index in [2.05, 4.69) is 30.4 Å². The third kappa shape index (κ3) is 3.62. The van der Waals surface area contributed by atoms with Crippen LogP contribution in [0.1, 0.15) is 39.0 Å². The van der Waals surface area contributed by atoms with Gasteiger partial charge in [-0.3, -0.25) is 0 Å². The molecule has 0 radical (unpaired) electrons. The smallest absolute Gasteiger partial charge is 0.0200 e. The van der Waals surface area contributed by atoms with Crippen LogP contribution in [-0.4, -0.2) is 48.6 Å². The molecule has 1 aliphatic carbocycles. The maximum absolute atomic E-state index is 3.87. The summed E-state index contributed by atoms with van der Waals surface area (Å²) in [5, 5.41) is 3.87. The Labute approximate surface area is 111 Å². The molecule has 2 aliphatic rings. The number of thioether (sulfide) groups is 1. The Bertz CT molecular complexity index is 220. The summed E-state index contributed by atoms with van der Waals surface area (Å²) in [6.07, 6.45) is 9.42. The molecule has 0 spiro atoms. The lowest BCUT2D eigenvalue weighted by Crippen LogP contribution is -2.42. The van der Waals surface area contributed by atoms with Gasteiger partial charge in [-0.05, 0) is 45.4 Å². The molecule has 0 aromatic rings. The molecule has 0 aromatic carbocycles. The minimum atomic E-state index is 0.703. The number of likely N-dealkylation sites (N-methyl/N-ethyl adjacent to an activating group) is 1. The van der Waals surface area contributed by atoms with Gasteiger partial charge in [0.15, 0.2) is 0 Å². The second-order valence-corrected chi connectivity index (χ2v) is 6.90. The summed E-state index contributed by atoms with van der Waals surface area (Å²) in [5.41, 5.74) is 0. The Morgan fingerprint density at radius 2 is 2.12 bits per heavy atom. The second kappa shape index (κ2) is 6.44. The summed E-state index contributed by atoms with van der Waals surface area (Å²) in [6, 6.07) is 2.30. The monoisotopic (exact) mass is 256 g/mol. The molecule has 2 nitrogen and oxygen atoms in total. The molecule has 1 N–H and O–H groups in total. The summed E-state index contributed by atoms with van der Waals surface area (Å²) >= 11 is 1.95. The lowest BCUT2D eigenvalue weighted by Gasteiger charge is -2.27. The molecule has 1 aliphatic heterocycles. The highest BCUT2D eigenvalue weighted by atomic mass is 32.2. The standard InChI is InChI=1S/C14H28N2S/c1-11(10-17-3)16(2)9-13-8-12-6-4-5-7-14(12)15-13/h11-15H,4-10H2,1-3H3. The average molecular weight is 256 g/mol. The highest BCUT2D eigenvalue weighted by Crippen LogP contribution is 2.33. The first-order valence-corrected chi connectivity index (χ1v) is 8.55.